The summed E-state index contributed by atoms with van der Waals surface area (Å²) in [5, 5.41) is 3.50. The van der Waals surface area contributed by atoms with Gasteiger partial charge in [-0.15, -0.1) is 0 Å². The zero-order valence-corrected chi connectivity index (χ0v) is 14.6. The first-order chi connectivity index (χ1) is 11.2. The van der Waals surface area contributed by atoms with Gasteiger partial charge in [0.1, 0.15) is 5.82 Å². The fourth-order valence-electron chi connectivity index (χ4n) is 3.48. The van der Waals surface area contributed by atoms with E-state index in [4.69, 9.17) is 4.98 Å². The molecule has 0 bridgehead atoms. The molecule has 0 aromatic carbocycles. The summed E-state index contributed by atoms with van der Waals surface area (Å²) in [5.74, 6) is 2.70. The van der Waals surface area contributed by atoms with E-state index in [1.807, 2.05) is 0 Å². The average molecular weight is 314 g/mol. The molecule has 1 fully saturated rings. The number of allylic oxidation sites excluding steroid dienone is 1. The molecule has 3 rings (SSSR count). The third-order valence-electron chi connectivity index (χ3n) is 5.05. The Hall–Kier alpha value is -1.58. The molecule has 0 amide bonds. The lowest BCUT2D eigenvalue weighted by atomic mass is 9.97. The Bertz CT molecular complexity index is 544. The molecule has 2 aliphatic rings. The van der Waals surface area contributed by atoms with Crippen molar-refractivity contribution >= 4 is 11.8 Å². The topological polar surface area (TPSA) is 41.1 Å². The van der Waals surface area contributed by atoms with Crippen LogP contribution in [0.15, 0.2) is 17.7 Å². The molecule has 2 heterocycles. The molecule has 0 radical (unpaired) electrons. The number of aromatic nitrogens is 2. The molecule has 0 spiro atoms. The molecule has 1 saturated heterocycles. The van der Waals surface area contributed by atoms with Gasteiger partial charge >= 0.3 is 0 Å². The SMILES string of the molecule is Cc1cc(NCCC2=CCCCC2)nc(N2CCC(C)CC2)n1. The lowest BCUT2D eigenvalue weighted by Crippen LogP contribution is -2.34. The molecule has 0 atom stereocenters. The van der Waals surface area contributed by atoms with Crippen LogP contribution < -0.4 is 10.2 Å². The van der Waals surface area contributed by atoms with Gasteiger partial charge in [0.15, 0.2) is 0 Å². The van der Waals surface area contributed by atoms with E-state index in [9.17, 15) is 0 Å². The normalized spacial score (nSPS) is 19.6. The quantitative estimate of drug-likeness (QED) is 0.822. The minimum absolute atomic E-state index is 0.831. The van der Waals surface area contributed by atoms with Gasteiger partial charge in [0.2, 0.25) is 5.95 Å². The van der Waals surface area contributed by atoms with Gasteiger partial charge in [0, 0.05) is 31.4 Å². The van der Waals surface area contributed by atoms with Gasteiger partial charge < -0.3 is 10.2 Å². The number of hydrogen-bond acceptors (Lipinski definition) is 4. The van der Waals surface area contributed by atoms with Crippen LogP contribution in [0.25, 0.3) is 0 Å². The first-order valence-corrected chi connectivity index (χ1v) is 9.23. The van der Waals surface area contributed by atoms with Crippen molar-refractivity contribution in [2.24, 2.45) is 5.92 Å². The highest BCUT2D eigenvalue weighted by Crippen LogP contribution is 2.22. The molecule has 4 heteroatoms. The molecule has 1 aliphatic heterocycles. The van der Waals surface area contributed by atoms with E-state index < -0.39 is 0 Å². The van der Waals surface area contributed by atoms with Gasteiger partial charge in [-0.1, -0.05) is 18.6 Å². The second kappa shape index (κ2) is 7.80. The number of rotatable bonds is 5. The van der Waals surface area contributed by atoms with E-state index in [1.165, 1.54) is 38.5 Å². The molecule has 1 aromatic heterocycles. The molecule has 126 valence electrons. The van der Waals surface area contributed by atoms with Crippen LogP contribution in [0.2, 0.25) is 0 Å². The third kappa shape index (κ3) is 4.69. The van der Waals surface area contributed by atoms with Crippen LogP contribution in [0.5, 0.6) is 0 Å². The number of anilines is 2. The van der Waals surface area contributed by atoms with Crippen molar-refractivity contribution in [3.05, 3.63) is 23.4 Å². The minimum Gasteiger partial charge on any atom is -0.370 e. The average Bonchev–Trinajstić information content (AvgIpc) is 2.56. The zero-order chi connectivity index (χ0) is 16.1. The van der Waals surface area contributed by atoms with Gasteiger partial charge in [-0.2, -0.15) is 4.98 Å². The highest BCUT2D eigenvalue weighted by molar-refractivity contribution is 5.44. The lowest BCUT2D eigenvalue weighted by Gasteiger charge is -2.30. The first-order valence-electron chi connectivity index (χ1n) is 9.23. The van der Waals surface area contributed by atoms with E-state index >= 15 is 0 Å². The van der Waals surface area contributed by atoms with E-state index in [0.29, 0.717) is 0 Å². The second-order valence-electron chi connectivity index (χ2n) is 7.15. The maximum absolute atomic E-state index is 4.75. The fourth-order valence-corrected chi connectivity index (χ4v) is 3.48. The van der Waals surface area contributed by atoms with Gasteiger partial charge in [-0.25, -0.2) is 4.98 Å². The predicted molar refractivity (Wildman–Crippen MR) is 97.0 cm³/mol. The molecular formula is C19H30N4. The van der Waals surface area contributed by atoms with Gasteiger partial charge in [-0.05, 0) is 57.8 Å². The van der Waals surface area contributed by atoms with Crippen molar-refractivity contribution in [3.63, 3.8) is 0 Å². The smallest absolute Gasteiger partial charge is 0.227 e. The van der Waals surface area contributed by atoms with Crippen molar-refractivity contribution in [2.45, 2.75) is 58.8 Å². The van der Waals surface area contributed by atoms with E-state index in [-0.39, 0.29) is 0 Å². The molecule has 0 unspecified atom stereocenters. The largest absolute Gasteiger partial charge is 0.370 e. The maximum atomic E-state index is 4.75. The number of aryl methyl sites for hydroxylation is 1. The van der Waals surface area contributed by atoms with Gasteiger partial charge in [-0.3, -0.25) is 0 Å². The maximum Gasteiger partial charge on any atom is 0.227 e. The summed E-state index contributed by atoms with van der Waals surface area (Å²) in [6, 6.07) is 2.06. The summed E-state index contributed by atoms with van der Waals surface area (Å²) in [7, 11) is 0. The summed E-state index contributed by atoms with van der Waals surface area (Å²) in [6.45, 7) is 7.53. The monoisotopic (exact) mass is 314 g/mol. The minimum atomic E-state index is 0.831. The Morgan fingerprint density at radius 3 is 2.78 bits per heavy atom. The number of hydrogen-bond donors (Lipinski definition) is 1. The first kappa shape index (κ1) is 16.3. The van der Waals surface area contributed by atoms with Crippen LogP contribution in [0.1, 0.15) is 57.6 Å². The van der Waals surface area contributed by atoms with Gasteiger partial charge in [0.05, 0.1) is 0 Å². The Morgan fingerprint density at radius 2 is 2.04 bits per heavy atom. The Kier molecular flexibility index (Phi) is 5.52. The second-order valence-corrected chi connectivity index (χ2v) is 7.15. The molecule has 23 heavy (non-hydrogen) atoms. The van der Waals surface area contributed by atoms with Crippen LogP contribution in [0.4, 0.5) is 11.8 Å². The van der Waals surface area contributed by atoms with Crippen molar-refractivity contribution in [2.75, 3.05) is 29.9 Å². The van der Waals surface area contributed by atoms with Crippen molar-refractivity contribution in [3.8, 4) is 0 Å². The fraction of sp³-hybridized carbons (Fsp3) is 0.684. The molecule has 1 N–H and O–H groups in total. The summed E-state index contributed by atoms with van der Waals surface area (Å²) in [5.41, 5.74) is 2.66. The summed E-state index contributed by atoms with van der Waals surface area (Å²) >= 11 is 0. The Morgan fingerprint density at radius 1 is 1.22 bits per heavy atom. The van der Waals surface area contributed by atoms with Crippen LogP contribution in [0, 0.1) is 12.8 Å². The highest BCUT2D eigenvalue weighted by Gasteiger charge is 2.18. The molecular weight excluding hydrogens is 284 g/mol. The molecule has 0 saturated carbocycles. The van der Waals surface area contributed by atoms with Crippen LogP contribution in [-0.2, 0) is 0 Å². The number of nitrogens with zero attached hydrogens (tertiary/aromatic N) is 3. The van der Waals surface area contributed by atoms with Crippen LogP contribution >= 0.6 is 0 Å². The predicted octanol–water partition coefficient (Wildman–Crippen LogP) is 4.32. The third-order valence-corrected chi connectivity index (χ3v) is 5.05. The van der Waals surface area contributed by atoms with Gasteiger partial charge in [0.25, 0.3) is 0 Å². The van der Waals surface area contributed by atoms with Crippen LogP contribution in [0.3, 0.4) is 0 Å². The Balaban J connectivity index is 1.57. The summed E-state index contributed by atoms with van der Waals surface area (Å²) in [6.07, 6.45) is 11.3. The lowest BCUT2D eigenvalue weighted by molar-refractivity contribution is 0.434. The molecule has 4 nitrogen and oxygen atoms in total. The highest BCUT2D eigenvalue weighted by atomic mass is 15.3. The van der Waals surface area contributed by atoms with Crippen molar-refractivity contribution < 1.29 is 0 Å². The standard InChI is InChI=1S/C19H30N4/c1-15-9-12-23(13-10-15)19-21-16(2)14-18(22-19)20-11-8-17-6-4-3-5-7-17/h6,14-15H,3-5,7-13H2,1-2H3,(H,20,21,22). The summed E-state index contributed by atoms with van der Waals surface area (Å²) in [4.78, 5) is 11.7. The summed E-state index contributed by atoms with van der Waals surface area (Å²) < 4.78 is 0. The zero-order valence-electron chi connectivity index (χ0n) is 14.6. The number of piperidine rings is 1. The van der Waals surface area contributed by atoms with Crippen LogP contribution in [-0.4, -0.2) is 29.6 Å². The van der Waals surface area contributed by atoms with E-state index in [0.717, 1.165) is 49.4 Å². The Labute approximate surface area is 140 Å². The van der Waals surface area contributed by atoms with E-state index in [2.05, 4.69) is 41.2 Å². The van der Waals surface area contributed by atoms with Crippen molar-refractivity contribution in [1.82, 2.24) is 9.97 Å². The van der Waals surface area contributed by atoms with Crippen molar-refractivity contribution in [1.29, 1.82) is 0 Å². The molecule has 1 aromatic rings. The van der Waals surface area contributed by atoms with E-state index in [1.54, 1.807) is 5.57 Å². The number of nitrogens with one attached hydrogen (secondary N) is 1. The molecule has 1 aliphatic carbocycles.